The number of methoxy groups -OCH3 is 1. The molecule has 0 radical (unpaired) electrons. The lowest BCUT2D eigenvalue weighted by Crippen LogP contribution is -2.54. The lowest BCUT2D eigenvalue weighted by Gasteiger charge is -2.43. The number of para-hydroxylation sites is 1. The van der Waals surface area contributed by atoms with Crippen LogP contribution in [0.25, 0.3) is 0 Å². The van der Waals surface area contributed by atoms with Gasteiger partial charge in [0, 0.05) is 62.4 Å². The summed E-state index contributed by atoms with van der Waals surface area (Å²) in [5, 5.41) is 7.67. The molecular formula is C35H49ClN7O4P. The van der Waals surface area contributed by atoms with Gasteiger partial charge in [-0.25, -0.2) is 9.78 Å². The second kappa shape index (κ2) is 14.9. The molecule has 13 heteroatoms. The average Bonchev–Trinajstić information content (AvgIpc) is 3.05. The van der Waals surface area contributed by atoms with E-state index < -0.39 is 12.7 Å². The number of aryl methyl sites for hydroxylation is 1. The first-order valence-corrected chi connectivity index (χ1v) is 19.6. The van der Waals surface area contributed by atoms with E-state index in [0.29, 0.717) is 34.3 Å². The van der Waals surface area contributed by atoms with Gasteiger partial charge in [-0.3, -0.25) is 4.90 Å². The standard InChI is InChI=1S/C35H49ClN7O4P/c1-8-24-21-28(39-33-37-23-26(36)32(40-33)38-27-11-9-10-12-31(27)48(6,7)45)30(46-5)22-29(24)42-19-17-41(18-20-42)25-13-15-43(16-14-25)34(44)47-35(2,3)4/h9-12,21-23,25H,8,13-20H2,1-7H3,(H2,37,38,39,40). The van der Waals surface area contributed by atoms with Gasteiger partial charge in [0.25, 0.3) is 0 Å². The summed E-state index contributed by atoms with van der Waals surface area (Å²) >= 11 is 6.49. The van der Waals surface area contributed by atoms with E-state index >= 15 is 0 Å². The first-order valence-electron chi connectivity index (χ1n) is 16.6. The molecule has 2 aliphatic heterocycles. The molecule has 3 heterocycles. The number of ether oxygens (including phenoxy) is 2. The third-order valence-corrected chi connectivity index (χ3v) is 10.6. The van der Waals surface area contributed by atoms with Crippen LogP contribution in [0.4, 0.5) is 33.6 Å². The molecule has 48 heavy (non-hydrogen) atoms. The monoisotopic (exact) mass is 697 g/mol. The van der Waals surface area contributed by atoms with Crippen LogP contribution >= 0.6 is 18.7 Å². The van der Waals surface area contributed by atoms with E-state index in [-0.39, 0.29) is 6.09 Å². The number of hydrogen-bond acceptors (Lipinski definition) is 10. The van der Waals surface area contributed by atoms with Crippen LogP contribution in [-0.4, -0.2) is 97.2 Å². The maximum atomic E-state index is 12.9. The second-order valence-corrected chi connectivity index (χ2v) is 17.4. The molecule has 11 nitrogen and oxygen atoms in total. The quantitative estimate of drug-likeness (QED) is 0.228. The van der Waals surface area contributed by atoms with Gasteiger partial charge in [-0.15, -0.1) is 0 Å². The van der Waals surface area contributed by atoms with Gasteiger partial charge in [0.1, 0.15) is 23.5 Å². The van der Waals surface area contributed by atoms with Gasteiger partial charge in [0.2, 0.25) is 5.95 Å². The van der Waals surface area contributed by atoms with Crippen molar-refractivity contribution >= 4 is 59.0 Å². The van der Waals surface area contributed by atoms with Crippen molar-refractivity contribution in [1.82, 2.24) is 19.8 Å². The molecule has 3 aromatic rings. The van der Waals surface area contributed by atoms with Gasteiger partial charge < -0.3 is 34.5 Å². The highest BCUT2D eigenvalue weighted by atomic mass is 35.5. The topological polar surface area (TPSA) is 112 Å². The molecule has 0 unspecified atom stereocenters. The SMILES string of the molecule is CCc1cc(Nc2ncc(Cl)c(Nc3ccccc3P(C)(C)=O)n2)c(OC)cc1N1CCN(C2CCN(C(=O)OC(C)(C)C)CC2)CC1. The zero-order valence-electron chi connectivity index (χ0n) is 29.2. The zero-order valence-corrected chi connectivity index (χ0v) is 30.8. The van der Waals surface area contributed by atoms with Crippen molar-refractivity contribution in [2.75, 3.05) is 75.2 Å². The Morgan fingerprint density at radius 2 is 1.71 bits per heavy atom. The molecule has 0 spiro atoms. The average molecular weight is 698 g/mol. The van der Waals surface area contributed by atoms with Crippen LogP contribution in [0, 0.1) is 0 Å². The van der Waals surface area contributed by atoms with Crippen LogP contribution in [0.1, 0.15) is 46.1 Å². The Hall–Kier alpha value is -3.53. The van der Waals surface area contributed by atoms with Gasteiger partial charge >= 0.3 is 6.09 Å². The zero-order chi connectivity index (χ0) is 34.6. The Morgan fingerprint density at radius 1 is 1.02 bits per heavy atom. The van der Waals surface area contributed by atoms with Gasteiger partial charge in [0.05, 0.1) is 24.7 Å². The maximum absolute atomic E-state index is 12.9. The maximum Gasteiger partial charge on any atom is 0.410 e. The number of aromatic nitrogens is 2. The molecule has 2 aliphatic rings. The Labute approximate surface area is 289 Å². The predicted octanol–water partition coefficient (Wildman–Crippen LogP) is 6.96. The van der Waals surface area contributed by atoms with E-state index in [1.807, 2.05) is 49.9 Å². The van der Waals surface area contributed by atoms with Gasteiger partial charge in [-0.1, -0.05) is 30.7 Å². The van der Waals surface area contributed by atoms with Gasteiger partial charge in [0.15, 0.2) is 5.82 Å². The Kier molecular flexibility index (Phi) is 11.1. The minimum atomic E-state index is -2.54. The molecule has 0 aliphatic carbocycles. The van der Waals surface area contributed by atoms with Crippen molar-refractivity contribution in [3.8, 4) is 5.75 Å². The summed E-state index contributed by atoms with van der Waals surface area (Å²) in [5.74, 6) is 1.46. The normalized spacial score (nSPS) is 16.5. The molecule has 1 aromatic heterocycles. The molecule has 0 bridgehead atoms. The summed E-state index contributed by atoms with van der Waals surface area (Å²) in [6.45, 7) is 16.6. The summed E-state index contributed by atoms with van der Waals surface area (Å²) in [5.41, 5.74) is 3.33. The molecule has 0 saturated carbocycles. The van der Waals surface area contributed by atoms with Gasteiger partial charge in [-0.05, 0) is 77.1 Å². The number of halogens is 1. The largest absolute Gasteiger partial charge is 0.494 e. The Balaban J connectivity index is 1.25. The number of nitrogens with one attached hydrogen (secondary N) is 2. The molecule has 5 rings (SSSR count). The van der Waals surface area contributed by atoms with Crippen LogP contribution in [0.5, 0.6) is 5.75 Å². The Bertz CT molecular complexity index is 1640. The fourth-order valence-corrected chi connectivity index (χ4v) is 7.63. The highest BCUT2D eigenvalue weighted by Gasteiger charge is 2.31. The number of benzene rings is 2. The predicted molar refractivity (Wildman–Crippen MR) is 196 cm³/mol. The molecule has 260 valence electrons. The molecular weight excluding hydrogens is 649 g/mol. The van der Waals surface area contributed by atoms with Gasteiger partial charge in [-0.2, -0.15) is 4.98 Å². The van der Waals surface area contributed by atoms with E-state index in [1.54, 1.807) is 26.6 Å². The van der Waals surface area contributed by atoms with Crippen molar-refractivity contribution in [3.05, 3.63) is 53.2 Å². The fourth-order valence-electron chi connectivity index (χ4n) is 6.34. The van der Waals surface area contributed by atoms with Crippen molar-refractivity contribution in [3.63, 3.8) is 0 Å². The van der Waals surface area contributed by atoms with E-state index in [9.17, 15) is 9.36 Å². The summed E-state index contributed by atoms with van der Waals surface area (Å²) in [6, 6.07) is 12.1. The smallest absolute Gasteiger partial charge is 0.410 e. The van der Waals surface area contributed by atoms with E-state index in [0.717, 1.165) is 69.5 Å². The third-order valence-electron chi connectivity index (χ3n) is 8.80. The number of carbonyl (C=O) groups excluding carboxylic acids is 1. The summed E-state index contributed by atoms with van der Waals surface area (Å²) in [6.07, 6.45) is 4.10. The van der Waals surface area contributed by atoms with Crippen LogP contribution in [0.3, 0.4) is 0 Å². The highest BCUT2D eigenvalue weighted by molar-refractivity contribution is 7.70. The minimum absolute atomic E-state index is 0.212. The van der Waals surface area contributed by atoms with Crippen LogP contribution < -0.4 is 25.6 Å². The van der Waals surface area contributed by atoms with Crippen LogP contribution in [-0.2, 0) is 15.7 Å². The number of piperazine rings is 1. The summed E-state index contributed by atoms with van der Waals surface area (Å²) < 4.78 is 24.3. The summed E-state index contributed by atoms with van der Waals surface area (Å²) in [7, 11) is -0.874. The van der Waals surface area contributed by atoms with Crippen LogP contribution in [0.2, 0.25) is 5.02 Å². The number of hydrogen-bond donors (Lipinski definition) is 2. The minimum Gasteiger partial charge on any atom is -0.494 e. The molecule has 2 saturated heterocycles. The van der Waals surface area contributed by atoms with E-state index in [4.69, 9.17) is 21.1 Å². The lowest BCUT2D eigenvalue weighted by atomic mass is 10.0. The summed E-state index contributed by atoms with van der Waals surface area (Å²) in [4.78, 5) is 28.5. The molecule has 1 amide bonds. The molecule has 2 N–H and O–H groups in total. The molecule has 2 aromatic carbocycles. The number of nitrogens with zero attached hydrogens (tertiary/aromatic N) is 5. The highest BCUT2D eigenvalue weighted by Crippen LogP contribution is 2.39. The van der Waals surface area contributed by atoms with Crippen molar-refractivity contribution in [2.24, 2.45) is 0 Å². The molecule has 2 fully saturated rings. The molecule has 0 atom stereocenters. The first kappa shape index (κ1) is 35.8. The number of amides is 1. The number of carbonyl (C=O) groups is 1. The number of piperidine rings is 1. The lowest BCUT2D eigenvalue weighted by molar-refractivity contribution is 0.0140. The number of likely N-dealkylation sites (tertiary alicyclic amines) is 1. The number of rotatable bonds is 9. The van der Waals surface area contributed by atoms with Crippen molar-refractivity contribution < 1.29 is 18.8 Å². The fraction of sp³-hybridized carbons (Fsp3) is 0.514. The van der Waals surface area contributed by atoms with Crippen molar-refractivity contribution in [2.45, 2.75) is 58.6 Å². The Morgan fingerprint density at radius 3 is 2.33 bits per heavy atom. The van der Waals surface area contributed by atoms with Crippen LogP contribution in [0.15, 0.2) is 42.6 Å². The van der Waals surface area contributed by atoms with E-state index in [2.05, 4.69) is 49.5 Å². The van der Waals surface area contributed by atoms with Crippen molar-refractivity contribution in [1.29, 1.82) is 0 Å². The van der Waals surface area contributed by atoms with E-state index in [1.165, 1.54) is 11.3 Å². The second-order valence-electron chi connectivity index (χ2n) is 13.8. The third kappa shape index (κ3) is 8.73. The number of anilines is 5. The first-order chi connectivity index (χ1) is 22.8.